The molecule has 3 aromatic rings. The van der Waals surface area contributed by atoms with E-state index >= 15 is 0 Å². The van der Waals surface area contributed by atoms with E-state index in [1.54, 1.807) is 12.4 Å². The number of thioether (sulfide) groups is 1. The molecule has 0 aliphatic carbocycles. The van der Waals surface area contributed by atoms with E-state index in [1.807, 2.05) is 42.1 Å². The van der Waals surface area contributed by atoms with Gasteiger partial charge in [-0.1, -0.05) is 12.1 Å². The largest absolute Gasteiger partial charge is 0.368 e. The minimum atomic E-state index is 0.142. The number of aromatic nitrogens is 3. The Morgan fingerprint density at radius 3 is 2.52 bits per heavy atom. The molecule has 0 amide bonds. The predicted molar refractivity (Wildman–Crippen MR) is 98.9 cm³/mol. The summed E-state index contributed by atoms with van der Waals surface area (Å²) in [5.41, 5.74) is 1.91. The van der Waals surface area contributed by atoms with E-state index in [2.05, 4.69) is 41.5 Å². The van der Waals surface area contributed by atoms with Gasteiger partial charge in [0.05, 0.1) is 5.52 Å². The van der Waals surface area contributed by atoms with Crippen LogP contribution in [0.5, 0.6) is 0 Å². The average Bonchev–Trinajstić information content (AvgIpc) is 2.60. The summed E-state index contributed by atoms with van der Waals surface area (Å²) in [6.45, 7) is 5.28. The highest BCUT2D eigenvalue weighted by Gasteiger charge is 2.17. The molecule has 1 N–H and O–H groups in total. The maximum absolute atomic E-state index is 4.75. The molecule has 0 saturated heterocycles. The maximum Gasteiger partial charge on any atom is 0.162 e. The molecule has 3 rings (SSSR count). The zero-order chi connectivity index (χ0) is 16.3. The molecule has 118 valence electrons. The second kappa shape index (κ2) is 6.54. The number of hydrogen-bond acceptors (Lipinski definition) is 5. The molecule has 0 radical (unpaired) electrons. The number of pyridine rings is 1. The molecule has 2 aromatic heterocycles. The molecule has 2 heterocycles. The van der Waals surface area contributed by atoms with E-state index in [0.717, 1.165) is 34.7 Å². The Kier molecular flexibility index (Phi) is 4.48. The van der Waals surface area contributed by atoms with E-state index in [9.17, 15) is 0 Å². The first kappa shape index (κ1) is 15.7. The second-order valence-electron chi connectivity index (χ2n) is 5.97. The van der Waals surface area contributed by atoms with Gasteiger partial charge in [-0.15, -0.1) is 0 Å². The third-order valence-electron chi connectivity index (χ3n) is 3.78. The van der Waals surface area contributed by atoms with Crippen LogP contribution in [-0.4, -0.2) is 32.5 Å². The Morgan fingerprint density at radius 1 is 1.04 bits per heavy atom. The number of nitrogens with zero attached hydrogens (tertiary/aromatic N) is 3. The normalized spacial score (nSPS) is 11.6. The SMILES string of the molecule is CSC(C)(C)CNc1nc(-c2ccncc2)nc2ccccc12. The smallest absolute Gasteiger partial charge is 0.162 e. The van der Waals surface area contributed by atoms with Gasteiger partial charge in [-0.2, -0.15) is 11.8 Å². The summed E-state index contributed by atoms with van der Waals surface area (Å²) in [7, 11) is 0. The fraction of sp³-hybridized carbons (Fsp3) is 0.278. The minimum absolute atomic E-state index is 0.142. The van der Waals surface area contributed by atoms with Gasteiger partial charge in [-0.3, -0.25) is 4.98 Å². The predicted octanol–water partition coefficient (Wildman–Crippen LogP) is 4.25. The van der Waals surface area contributed by atoms with Crippen LogP contribution in [0.4, 0.5) is 5.82 Å². The molecule has 0 bridgehead atoms. The van der Waals surface area contributed by atoms with E-state index in [4.69, 9.17) is 4.98 Å². The highest BCUT2D eigenvalue weighted by molar-refractivity contribution is 7.99. The molecule has 23 heavy (non-hydrogen) atoms. The van der Waals surface area contributed by atoms with Gasteiger partial charge in [0.2, 0.25) is 0 Å². The maximum atomic E-state index is 4.75. The number of fused-ring (bicyclic) bond motifs is 1. The Morgan fingerprint density at radius 2 is 1.78 bits per heavy atom. The van der Waals surface area contributed by atoms with Gasteiger partial charge in [0.15, 0.2) is 5.82 Å². The van der Waals surface area contributed by atoms with Crippen molar-refractivity contribution in [3.63, 3.8) is 0 Å². The number of nitrogens with one attached hydrogen (secondary N) is 1. The van der Waals surface area contributed by atoms with Crippen molar-refractivity contribution < 1.29 is 0 Å². The van der Waals surface area contributed by atoms with Gasteiger partial charge < -0.3 is 5.32 Å². The van der Waals surface area contributed by atoms with Crippen molar-refractivity contribution in [2.45, 2.75) is 18.6 Å². The fourth-order valence-electron chi connectivity index (χ4n) is 2.21. The van der Waals surface area contributed by atoms with Crippen LogP contribution in [0.25, 0.3) is 22.3 Å². The number of rotatable bonds is 5. The molecule has 0 aliphatic rings. The molecule has 0 unspecified atom stereocenters. The molecule has 0 saturated carbocycles. The Balaban J connectivity index is 2.04. The lowest BCUT2D eigenvalue weighted by Crippen LogP contribution is -2.26. The van der Waals surface area contributed by atoms with E-state index in [1.165, 1.54) is 0 Å². The van der Waals surface area contributed by atoms with Gasteiger partial charge in [-0.25, -0.2) is 9.97 Å². The zero-order valence-electron chi connectivity index (χ0n) is 13.6. The first-order valence-corrected chi connectivity index (χ1v) is 8.78. The number of para-hydroxylation sites is 1. The molecule has 0 aliphatic heterocycles. The Hall–Kier alpha value is -2.14. The van der Waals surface area contributed by atoms with Gasteiger partial charge in [-0.05, 0) is 44.4 Å². The molecular weight excluding hydrogens is 304 g/mol. The van der Waals surface area contributed by atoms with Gasteiger partial charge in [0.1, 0.15) is 5.82 Å². The molecule has 0 spiro atoms. The van der Waals surface area contributed by atoms with Crippen molar-refractivity contribution >= 4 is 28.5 Å². The molecule has 0 atom stereocenters. The van der Waals surface area contributed by atoms with Crippen molar-refractivity contribution in [3.8, 4) is 11.4 Å². The molecule has 1 aromatic carbocycles. The highest BCUT2D eigenvalue weighted by atomic mass is 32.2. The Bertz CT molecular complexity index is 802. The van der Waals surface area contributed by atoms with Gasteiger partial charge >= 0.3 is 0 Å². The van der Waals surface area contributed by atoms with E-state index in [0.29, 0.717) is 0 Å². The zero-order valence-corrected chi connectivity index (χ0v) is 14.4. The number of anilines is 1. The monoisotopic (exact) mass is 324 g/mol. The van der Waals surface area contributed by atoms with Crippen LogP contribution in [0.1, 0.15) is 13.8 Å². The van der Waals surface area contributed by atoms with Crippen molar-refractivity contribution in [2.75, 3.05) is 18.1 Å². The molecule has 5 heteroatoms. The minimum Gasteiger partial charge on any atom is -0.368 e. The van der Waals surface area contributed by atoms with E-state index < -0.39 is 0 Å². The third kappa shape index (κ3) is 3.62. The van der Waals surface area contributed by atoms with Crippen LogP contribution in [0.3, 0.4) is 0 Å². The standard InChI is InChI=1S/C18H20N4S/c1-18(2,23-3)12-20-17-14-6-4-5-7-15(14)21-16(22-17)13-8-10-19-11-9-13/h4-11H,12H2,1-3H3,(H,20,21,22). The van der Waals surface area contributed by atoms with E-state index in [-0.39, 0.29) is 4.75 Å². The van der Waals surface area contributed by atoms with Crippen LogP contribution in [0.15, 0.2) is 48.8 Å². The summed E-state index contributed by atoms with van der Waals surface area (Å²) in [6, 6.07) is 12.0. The summed E-state index contributed by atoms with van der Waals surface area (Å²) in [6.07, 6.45) is 5.65. The fourth-order valence-corrected chi connectivity index (χ4v) is 2.43. The number of benzene rings is 1. The van der Waals surface area contributed by atoms with Gasteiger partial charge in [0, 0.05) is 34.6 Å². The van der Waals surface area contributed by atoms with Crippen LogP contribution < -0.4 is 5.32 Å². The quantitative estimate of drug-likeness (QED) is 0.760. The van der Waals surface area contributed by atoms with Crippen LogP contribution in [0, 0.1) is 0 Å². The van der Waals surface area contributed by atoms with Gasteiger partial charge in [0.25, 0.3) is 0 Å². The number of hydrogen-bond donors (Lipinski definition) is 1. The lowest BCUT2D eigenvalue weighted by molar-refractivity contribution is 0.751. The molecular formula is C18H20N4S. The summed E-state index contributed by atoms with van der Waals surface area (Å²) >= 11 is 1.84. The van der Waals surface area contributed by atoms with Crippen LogP contribution in [0.2, 0.25) is 0 Å². The first-order chi connectivity index (χ1) is 11.1. The topological polar surface area (TPSA) is 50.7 Å². The summed E-state index contributed by atoms with van der Waals surface area (Å²) in [4.78, 5) is 13.5. The molecule has 0 fully saturated rings. The van der Waals surface area contributed by atoms with Crippen molar-refractivity contribution in [3.05, 3.63) is 48.8 Å². The lowest BCUT2D eigenvalue weighted by atomic mass is 10.2. The summed E-state index contributed by atoms with van der Waals surface area (Å²) < 4.78 is 0.142. The van der Waals surface area contributed by atoms with Crippen molar-refractivity contribution in [1.82, 2.24) is 15.0 Å². The average molecular weight is 324 g/mol. The first-order valence-electron chi connectivity index (χ1n) is 7.55. The summed E-state index contributed by atoms with van der Waals surface area (Å²) in [5.74, 6) is 1.60. The summed E-state index contributed by atoms with van der Waals surface area (Å²) in [5, 5.41) is 4.55. The third-order valence-corrected chi connectivity index (χ3v) is 5.03. The second-order valence-corrected chi connectivity index (χ2v) is 7.48. The highest BCUT2D eigenvalue weighted by Crippen LogP contribution is 2.27. The molecule has 4 nitrogen and oxygen atoms in total. The van der Waals surface area contributed by atoms with Crippen LogP contribution >= 0.6 is 11.8 Å². The Labute approximate surface area is 140 Å². The van der Waals surface area contributed by atoms with Crippen LogP contribution in [-0.2, 0) is 0 Å². The lowest BCUT2D eigenvalue weighted by Gasteiger charge is -2.23. The van der Waals surface area contributed by atoms with Crippen molar-refractivity contribution in [1.29, 1.82) is 0 Å². The van der Waals surface area contributed by atoms with Crippen molar-refractivity contribution in [2.24, 2.45) is 0 Å².